The van der Waals surface area contributed by atoms with E-state index in [1.807, 2.05) is 0 Å². The molecule has 2 atom stereocenters. The second kappa shape index (κ2) is 2.98. The van der Waals surface area contributed by atoms with Crippen LogP contribution in [0.25, 0.3) is 0 Å². The normalized spacial score (nSPS) is 34.2. The summed E-state index contributed by atoms with van der Waals surface area (Å²) in [6.45, 7) is 1.63. The molecule has 1 heterocycles. The summed E-state index contributed by atoms with van der Waals surface area (Å²) in [5, 5.41) is 0. The van der Waals surface area contributed by atoms with Crippen LogP contribution in [0, 0.1) is 5.92 Å². The number of hydrogen-bond acceptors (Lipinski definition) is 1. The molecule has 1 aliphatic heterocycles. The monoisotopic (exact) mass is 208 g/mol. The van der Waals surface area contributed by atoms with Crippen LogP contribution in [-0.4, -0.2) is 12.5 Å². The third kappa shape index (κ3) is 1.06. The highest BCUT2D eigenvalue weighted by atomic mass is 35.5. The van der Waals surface area contributed by atoms with E-state index in [1.54, 1.807) is 0 Å². The minimum Gasteiger partial charge on any atom is -0.376 e. The molecular formula is C12H13ClO. The quantitative estimate of drug-likeness (QED) is 0.645. The highest BCUT2D eigenvalue weighted by molar-refractivity contribution is 6.18. The van der Waals surface area contributed by atoms with E-state index in [4.69, 9.17) is 16.3 Å². The summed E-state index contributed by atoms with van der Waals surface area (Å²) in [5.41, 5.74) is 3.11. The average molecular weight is 209 g/mol. The number of halogens is 1. The molecule has 2 unspecified atom stereocenters. The minimum atomic E-state index is 0.274. The maximum absolute atomic E-state index is 5.93. The lowest BCUT2D eigenvalue weighted by molar-refractivity contribution is 0.0801. The van der Waals surface area contributed by atoms with Crippen LogP contribution in [0.3, 0.4) is 0 Å². The van der Waals surface area contributed by atoms with Crippen molar-refractivity contribution >= 4 is 11.6 Å². The first-order valence-electron chi connectivity index (χ1n) is 5.09. The zero-order valence-corrected chi connectivity index (χ0v) is 8.76. The third-order valence-electron chi connectivity index (χ3n) is 3.59. The maximum Gasteiger partial charge on any atom is 0.0720 e. The number of rotatable bonds is 1. The Balaban J connectivity index is 2.05. The number of benzene rings is 1. The predicted molar refractivity (Wildman–Crippen MR) is 56.6 cm³/mol. The third-order valence-corrected chi connectivity index (χ3v) is 3.96. The van der Waals surface area contributed by atoms with Crippen LogP contribution < -0.4 is 0 Å². The Morgan fingerprint density at radius 1 is 1.43 bits per heavy atom. The summed E-state index contributed by atoms with van der Waals surface area (Å²) in [4.78, 5) is 0. The maximum atomic E-state index is 5.93. The molecule has 1 aliphatic carbocycles. The minimum absolute atomic E-state index is 0.274. The molecule has 0 saturated heterocycles. The molecule has 1 fully saturated rings. The number of ether oxygens (including phenoxy) is 1. The van der Waals surface area contributed by atoms with Gasteiger partial charge in [0.1, 0.15) is 0 Å². The largest absolute Gasteiger partial charge is 0.376 e. The van der Waals surface area contributed by atoms with Crippen molar-refractivity contribution in [1.82, 2.24) is 0 Å². The molecule has 2 heteroatoms. The van der Waals surface area contributed by atoms with Crippen LogP contribution in [0.4, 0.5) is 0 Å². The fourth-order valence-electron chi connectivity index (χ4n) is 2.64. The standard InChI is InChI=1S/C12H13ClO/c13-6-10-5-12(10)8-14-7-9-3-1-2-4-11(9)12/h1-4,10H,5-8H2. The van der Waals surface area contributed by atoms with Gasteiger partial charge in [0.2, 0.25) is 0 Å². The summed E-state index contributed by atoms with van der Waals surface area (Å²) in [6, 6.07) is 8.61. The highest BCUT2D eigenvalue weighted by Gasteiger charge is 2.56. The van der Waals surface area contributed by atoms with E-state index < -0.39 is 0 Å². The van der Waals surface area contributed by atoms with Crippen LogP contribution in [0.2, 0.25) is 0 Å². The van der Waals surface area contributed by atoms with Gasteiger partial charge in [-0.2, -0.15) is 0 Å². The van der Waals surface area contributed by atoms with Crippen molar-refractivity contribution < 1.29 is 4.74 Å². The Kier molecular flexibility index (Phi) is 1.86. The van der Waals surface area contributed by atoms with Crippen molar-refractivity contribution in [2.24, 2.45) is 5.92 Å². The Hall–Kier alpha value is -0.530. The van der Waals surface area contributed by atoms with Gasteiger partial charge in [0.15, 0.2) is 0 Å². The van der Waals surface area contributed by atoms with Crippen molar-refractivity contribution in [3.63, 3.8) is 0 Å². The molecule has 2 aliphatic rings. The zero-order valence-electron chi connectivity index (χ0n) is 8.00. The average Bonchev–Trinajstić information content (AvgIpc) is 2.94. The molecule has 1 saturated carbocycles. The summed E-state index contributed by atoms with van der Waals surface area (Å²) < 4.78 is 5.65. The van der Waals surface area contributed by atoms with Gasteiger partial charge in [0.05, 0.1) is 13.2 Å². The van der Waals surface area contributed by atoms with E-state index in [-0.39, 0.29) is 5.41 Å². The first kappa shape index (κ1) is 8.75. The van der Waals surface area contributed by atoms with Gasteiger partial charge in [-0.3, -0.25) is 0 Å². The molecule has 0 N–H and O–H groups in total. The molecule has 74 valence electrons. The van der Waals surface area contributed by atoms with Gasteiger partial charge in [-0.25, -0.2) is 0 Å². The fraction of sp³-hybridized carbons (Fsp3) is 0.500. The van der Waals surface area contributed by atoms with Gasteiger partial charge in [0, 0.05) is 11.3 Å². The number of hydrogen-bond donors (Lipinski definition) is 0. The van der Waals surface area contributed by atoms with E-state index in [0.29, 0.717) is 5.92 Å². The molecule has 1 spiro atoms. The zero-order chi connectivity index (χ0) is 9.60. The molecule has 14 heavy (non-hydrogen) atoms. The van der Waals surface area contributed by atoms with Gasteiger partial charge in [-0.1, -0.05) is 24.3 Å². The SMILES string of the molecule is ClCC1CC12COCc1ccccc12. The van der Waals surface area contributed by atoms with E-state index in [2.05, 4.69) is 24.3 Å². The molecule has 3 rings (SSSR count). The molecule has 1 aromatic carbocycles. The smallest absolute Gasteiger partial charge is 0.0720 e. The summed E-state index contributed by atoms with van der Waals surface area (Å²) in [7, 11) is 0. The van der Waals surface area contributed by atoms with E-state index in [9.17, 15) is 0 Å². The Bertz CT molecular complexity index is 363. The van der Waals surface area contributed by atoms with Crippen LogP contribution in [0.5, 0.6) is 0 Å². The van der Waals surface area contributed by atoms with E-state index in [0.717, 1.165) is 19.1 Å². The van der Waals surface area contributed by atoms with Crippen molar-refractivity contribution in [2.75, 3.05) is 12.5 Å². The molecule has 0 radical (unpaired) electrons. The first-order chi connectivity index (χ1) is 6.87. The summed E-state index contributed by atoms with van der Waals surface area (Å²) >= 11 is 5.93. The lowest BCUT2D eigenvalue weighted by Crippen LogP contribution is -2.25. The van der Waals surface area contributed by atoms with Gasteiger partial charge in [-0.05, 0) is 23.5 Å². The van der Waals surface area contributed by atoms with Crippen LogP contribution in [0.1, 0.15) is 17.5 Å². The highest BCUT2D eigenvalue weighted by Crippen LogP contribution is 2.57. The van der Waals surface area contributed by atoms with Crippen molar-refractivity contribution in [2.45, 2.75) is 18.4 Å². The van der Waals surface area contributed by atoms with E-state index >= 15 is 0 Å². The number of fused-ring (bicyclic) bond motifs is 2. The van der Waals surface area contributed by atoms with Crippen molar-refractivity contribution in [3.05, 3.63) is 35.4 Å². The Morgan fingerprint density at radius 2 is 2.29 bits per heavy atom. The molecule has 0 bridgehead atoms. The molecule has 0 amide bonds. The fourth-order valence-corrected chi connectivity index (χ4v) is 3.05. The Labute approximate surface area is 89.0 Å². The lowest BCUT2D eigenvalue weighted by atomic mass is 9.88. The summed E-state index contributed by atoms with van der Waals surface area (Å²) in [5.74, 6) is 1.39. The topological polar surface area (TPSA) is 9.23 Å². The molecule has 1 nitrogen and oxygen atoms in total. The molecule has 1 aromatic rings. The van der Waals surface area contributed by atoms with Gasteiger partial charge >= 0.3 is 0 Å². The molecular weight excluding hydrogens is 196 g/mol. The van der Waals surface area contributed by atoms with Gasteiger partial charge in [-0.15, -0.1) is 11.6 Å². The number of alkyl halides is 1. The second-order valence-electron chi connectivity index (χ2n) is 4.36. The van der Waals surface area contributed by atoms with E-state index in [1.165, 1.54) is 17.5 Å². The van der Waals surface area contributed by atoms with Crippen molar-refractivity contribution in [1.29, 1.82) is 0 Å². The first-order valence-corrected chi connectivity index (χ1v) is 5.62. The second-order valence-corrected chi connectivity index (χ2v) is 4.67. The van der Waals surface area contributed by atoms with Crippen LogP contribution >= 0.6 is 11.6 Å². The van der Waals surface area contributed by atoms with Crippen molar-refractivity contribution in [3.8, 4) is 0 Å². The summed E-state index contributed by atoms with van der Waals surface area (Å²) in [6.07, 6.45) is 1.20. The lowest BCUT2D eigenvalue weighted by Gasteiger charge is -2.26. The predicted octanol–water partition coefficient (Wildman–Crippen LogP) is 2.71. The van der Waals surface area contributed by atoms with Gasteiger partial charge in [0.25, 0.3) is 0 Å². The molecule has 0 aromatic heterocycles. The van der Waals surface area contributed by atoms with Crippen LogP contribution in [0.15, 0.2) is 24.3 Å². The Morgan fingerprint density at radius 3 is 3.07 bits per heavy atom. The van der Waals surface area contributed by atoms with Gasteiger partial charge < -0.3 is 4.74 Å². The van der Waals surface area contributed by atoms with Crippen LogP contribution in [-0.2, 0) is 16.8 Å².